The van der Waals surface area contributed by atoms with E-state index < -0.39 is 11.7 Å². The van der Waals surface area contributed by atoms with Crippen molar-refractivity contribution in [2.75, 3.05) is 19.8 Å². The van der Waals surface area contributed by atoms with Crippen molar-refractivity contribution in [1.29, 1.82) is 0 Å². The molecule has 2 amide bonds. The van der Waals surface area contributed by atoms with E-state index >= 15 is 0 Å². The third-order valence-electron chi connectivity index (χ3n) is 2.60. The normalized spacial score (nSPS) is 19.3. The molecule has 0 radical (unpaired) electrons. The van der Waals surface area contributed by atoms with Gasteiger partial charge in [-0.15, -0.1) is 0 Å². The predicted octanol–water partition coefficient (Wildman–Crippen LogP) is 1.91. The summed E-state index contributed by atoms with van der Waals surface area (Å²) in [7, 11) is 0. The maximum absolute atomic E-state index is 11.8. The molecule has 7 nitrogen and oxygen atoms in total. The lowest BCUT2D eigenvalue weighted by atomic mass is 10.1. The molecule has 0 saturated carbocycles. The van der Waals surface area contributed by atoms with E-state index in [0.29, 0.717) is 19.4 Å². The summed E-state index contributed by atoms with van der Waals surface area (Å²) in [5, 5.41) is 3.62. The van der Waals surface area contributed by atoms with Crippen LogP contribution in [0.15, 0.2) is 5.16 Å². The van der Waals surface area contributed by atoms with Gasteiger partial charge in [-0.05, 0) is 32.3 Å². The number of hydrogen-bond donors (Lipinski definition) is 0. The molecule has 0 aromatic rings. The van der Waals surface area contributed by atoms with Crippen LogP contribution in [-0.4, -0.2) is 48.2 Å². The first-order chi connectivity index (χ1) is 9.39. The van der Waals surface area contributed by atoms with Crippen LogP contribution in [0.4, 0.5) is 4.79 Å². The second-order valence-corrected chi connectivity index (χ2v) is 5.08. The lowest BCUT2D eigenvalue weighted by molar-refractivity contribution is -0.129. The molecule has 1 rings (SSSR count). The maximum Gasteiger partial charge on any atom is 0.442 e. The Labute approximate surface area is 118 Å². The highest BCUT2D eigenvalue weighted by Crippen LogP contribution is 2.15. The number of amides is 2. The van der Waals surface area contributed by atoms with Crippen LogP contribution in [0.25, 0.3) is 0 Å². The Morgan fingerprint density at radius 1 is 1.40 bits per heavy atom. The highest BCUT2D eigenvalue weighted by Gasteiger charge is 2.28. The van der Waals surface area contributed by atoms with Crippen molar-refractivity contribution in [3.8, 4) is 0 Å². The summed E-state index contributed by atoms with van der Waals surface area (Å²) in [6, 6.07) is 0. The smallest absolute Gasteiger partial charge is 0.442 e. The fraction of sp³-hybridized carbons (Fsp3) is 0.769. The zero-order valence-corrected chi connectivity index (χ0v) is 12.5. The molecule has 20 heavy (non-hydrogen) atoms. The average molecular weight is 286 g/mol. The van der Waals surface area contributed by atoms with Crippen molar-refractivity contribution in [3.05, 3.63) is 0 Å². The number of imide groups is 1. The van der Waals surface area contributed by atoms with Gasteiger partial charge >= 0.3 is 6.09 Å². The molecule has 0 aromatic carbocycles. The quantitative estimate of drug-likeness (QED) is 0.582. The van der Waals surface area contributed by atoms with E-state index in [1.54, 1.807) is 6.92 Å². The summed E-state index contributed by atoms with van der Waals surface area (Å²) in [4.78, 5) is 29.2. The SMILES string of the molecule is CCCC(=O)N(CC)C(=O)ON=C1COCC(C)(C)O1. The molecule has 0 bridgehead atoms. The maximum atomic E-state index is 11.8. The van der Waals surface area contributed by atoms with Gasteiger partial charge in [0, 0.05) is 13.0 Å². The Morgan fingerprint density at radius 2 is 2.10 bits per heavy atom. The van der Waals surface area contributed by atoms with Crippen LogP contribution in [0.2, 0.25) is 0 Å². The largest absolute Gasteiger partial charge is 0.468 e. The van der Waals surface area contributed by atoms with Crippen LogP contribution < -0.4 is 0 Å². The second-order valence-electron chi connectivity index (χ2n) is 5.08. The molecule has 1 saturated heterocycles. The minimum absolute atomic E-state index is 0.145. The molecule has 0 atom stereocenters. The summed E-state index contributed by atoms with van der Waals surface area (Å²) in [6.07, 6.45) is 0.166. The van der Waals surface area contributed by atoms with Gasteiger partial charge in [-0.1, -0.05) is 6.92 Å². The first-order valence-corrected chi connectivity index (χ1v) is 6.74. The van der Waals surface area contributed by atoms with Gasteiger partial charge in [-0.3, -0.25) is 9.63 Å². The van der Waals surface area contributed by atoms with Gasteiger partial charge in [0.05, 0.1) is 6.61 Å². The van der Waals surface area contributed by atoms with Crippen molar-refractivity contribution >= 4 is 17.9 Å². The number of nitrogens with zero attached hydrogens (tertiary/aromatic N) is 2. The molecule has 0 N–H and O–H groups in total. The molecular weight excluding hydrogens is 264 g/mol. The van der Waals surface area contributed by atoms with Gasteiger partial charge in [0.25, 0.3) is 5.90 Å². The molecular formula is C13H22N2O5. The monoisotopic (exact) mass is 286 g/mol. The third-order valence-corrected chi connectivity index (χ3v) is 2.60. The van der Waals surface area contributed by atoms with E-state index in [4.69, 9.17) is 14.3 Å². The number of ether oxygens (including phenoxy) is 2. The number of oxime groups is 1. The van der Waals surface area contributed by atoms with Crippen LogP contribution in [0.5, 0.6) is 0 Å². The first kappa shape index (κ1) is 16.4. The molecule has 1 heterocycles. The highest BCUT2D eigenvalue weighted by atomic mass is 16.7. The van der Waals surface area contributed by atoms with E-state index in [9.17, 15) is 9.59 Å². The zero-order chi connectivity index (χ0) is 15.2. The molecule has 0 aromatic heterocycles. The summed E-state index contributed by atoms with van der Waals surface area (Å²) < 4.78 is 10.8. The Hall–Kier alpha value is -1.63. The van der Waals surface area contributed by atoms with E-state index in [-0.39, 0.29) is 25.0 Å². The van der Waals surface area contributed by atoms with Crippen LogP contribution in [0, 0.1) is 0 Å². The van der Waals surface area contributed by atoms with Crippen molar-refractivity contribution in [1.82, 2.24) is 4.90 Å². The van der Waals surface area contributed by atoms with E-state index in [1.165, 1.54) is 0 Å². The third kappa shape index (κ3) is 4.80. The van der Waals surface area contributed by atoms with Crippen molar-refractivity contribution in [2.24, 2.45) is 5.16 Å². The van der Waals surface area contributed by atoms with Crippen LogP contribution in [0.3, 0.4) is 0 Å². The molecule has 0 spiro atoms. The Balaban J connectivity index is 2.58. The summed E-state index contributed by atoms with van der Waals surface area (Å²) >= 11 is 0. The summed E-state index contributed by atoms with van der Waals surface area (Å²) in [5.41, 5.74) is -0.508. The molecule has 7 heteroatoms. The predicted molar refractivity (Wildman–Crippen MR) is 72.2 cm³/mol. The van der Waals surface area contributed by atoms with Crippen LogP contribution >= 0.6 is 0 Å². The van der Waals surface area contributed by atoms with Crippen LogP contribution in [-0.2, 0) is 19.1 Å². The summed E-state index contributed by atoms with van der Waals surface area (Å²) in [5.74, 6) is -0.0880. The van der Waals surface area contributed by atoms with Gasteiger partial charge in [-0.2, -0.15) is 0 Å². The lowest BCUT2D eigenvalue weighted by Crippen LogP contribution is -2.41. The molecule has 0 unspecified atom stereocenters. The Morgan fingerprint density at radius 3 is 2.65 bits per heavy atom. The van der Waals surface area contributed by atoms with Crippen molar-refractivity contribution in [2.45, 2.75) is 46.1 Å². The fourth-order valence-corrected chi connectivity index (χ4v) is 1.70. The van der Waals surface area contributed by atoms with Gasteiger partial charge < -0.3 is 9.47 Å². The number of hydrogen-bond acceptors (Lipinski definition) is 6. The number of carbonyl (C=O) groups is 2. The standard InChI is InChI=1S/C13H22N2O5/c1-5-7-11(16)15(6-2)12(17)20-14-10-8-18-9-13(3,4)19-10/h5-9H2,1-4H3. The van der Waals surface area contributed by atoms with E-state index in [1.807, 2.05) is 20.8 Å². The van der Waals surface area contributed by atoms with Gasteiger partial charge in [0.2, 0.25) is 5.91 Å². The topological polar surface area (TPSA) is 77.4 Å². The molecule has 0 aliphatic carbocycles. The average Bonchev–Trinajstić information content (AvgIpc) is 2.36. The highest BCUT2D eigenvalue weighted by molar-refractivity contribution is 5.92. The lowest BCUT2D eigenvalue weighted by Gasteiger charge is -2.30. The second kappa shape index (κ2) is 7.23. The Kier molecular flexibility index (Phi) is 5.94. The van der Waals surface area contributed by atoms with Crippen molar-refractivity contribution in [3.63, 3.8) is 0 Å². The van der Waals surface area contributed by atoms with E-state index in [0.717, 1.165) is 4.90 Å². The first-order valence-electron chi connectivity index (χ1n) is 6.74. The van der Waals surface area contributed by atoms with E-state index in [2.05, 4.69) is 5.16 Å². The fourth-order valence-electron chi connectivity index (χ4n) is 1.70. The molecule has 1 fully saturated rings. The van der Waals surface area contributed by atoms with Crippen molar-refractivity contribution < 1.29 is 23.9 Å². The van der Waals surface area contributed by atoms with Gasteiger partial charge in [0.15, 0.2) is 0 Å². The van der Waals surface area contributed by atoms with Gasteiger partial charge in [-0.25, -0.2) is 9.69 Å². The zero-order valence-electron chi connectivity index (χ0n) is 12.5. The number of rotatable bonds is 4. The number of carbonyl (C=O) groups excluding carboxylic acids is 2. The molecule has 1 aliphatic rings. The Bertz CT molecular complexity index is 392. The minimum atomic E-state index is -0.801. The minimum Gasteiger partial charge on any atom is -0.468 e. The molecule has 114 valence electrons. The van der Waals surface area contributed by atoms with Gasteiger partial charge in [0.1, 0.15) is 12.2 Å². The molecule has 1 aliphatic heterocycles. The summed E-state index contributed by atoms with van der Waals surface area (Å²) in [6.45, 7) is 8.07. The van der Waals surface area contributed by atoms with Crippen LogP contribution in [0.1, 0.15) is 40.5 Å².